The normalized spacial score (nSPS) is 18.9. The minimum Gasteiger partial charge on any atom is -0.380 e. The molecule has 1 aliphatic heterocycles. The number of benzene rings is 1. The van der Waals surface area contributed by atoms with Gasteiger partial charge in [-0.15, -0.1) is 12.4 Å². The maximum atomic E-state index is 4.36. The van der Waals surface area contributed by atoms with Crippen LogP contribution in [0, 0.1) is 0 Å². The molecule has 1 aromatic heterocycles. The number of pyridine rings is 1. The molecule has 0 amide bonds. The van der Waals surface area contributed by atoms with Crippen LogP contribution in [0.5, 0.6) is 0 Å². The van der Waals surface area contributed by atoms with E-state index < -0.39 is 0 Å². The molecule has 0 bridgehead atoms. The first kappa shape index (κ1) is 12.1. The molecule has 0 saturated carbocycles. The fourth-order valence-corrected chi connectivity index (χ4v) is 2.23. The average Bonchev–Trinajstić information content (AvgIpc) is 2.82. The molecule has 4 heteroatoms. The number of anilines is 1. The molecule has 2 aromatic rings. The number of hydrogen-bond acceptors (Lipinski definition) is 3. The molecular formula is C13H16ClN3. The van der Waals surface area contributed by atoms with Crippen LogP contribution in [-0.2, 0) is 0 Å². The van der Waals surface area contributed by atoms with Gasteiger partial charge >= 0.3 is 0 Å². The Kier molecular flexibility index (Phi) is 3.82. The van der Waals surface area contributed by atoms with E-state index in [0.29, 0.717) is 6.04 Å². The number of hydrogen-bond donors (Lipinski definition) is 2. The van der Waals surface area contributed by atoms with Crippen molar-refractivity contribution in [2.24, 2.45) is 0 Å². The molecule has 3 rings (SSSR count). The summed E-state index contributed by atoms with van der Waals surface area (Å²) in [6, 6.07) is 10.9. The fourth-order valence-electron chi connectivity index (χ4n) is 2.23. The van der Waals surface area contributed by atoms with Gasteiger partial charge in [0.1, 0.15) is 0 Å². The predicted octanol–water partition coefficient (Wildman–Crippen LogP) is 2.43. The summed E-state index contributed by atoms with van der Waals surface area (Å²) in [5, 5.41) is 8.15. The Morgan fingerprint density at radius 1 is 1.24 bits per heavy atom. The lowest BCUT2D eigenvalue weighted by Gasteiger charge is -2.14. The van der Waals surface area contributed by atoms with Crippen molar-refractivity contribution in [3.63, 3.8) is 0 Å². The predicted molar refractivity (Wildman–Crippen MR) is 73.9 cm³/mol. The molecule has 0 radical (unpaired) electrons. The monoisotopic (exact) mass is 249 g/mol. The van der Waals surface area contributed by atoms with E-state index in [1.165, 1.54) is 17.5 Å². The molecule has 1 saturated heterocycles. The van der Waals surface area contributed by atoms with E-state index in [2.05, 4.69) is 33.8 Å². The Morgan fingerprint density at radius 3 is 3.00 bits per heavy atom. The van der Waals surface area contributed by atoms with Gasteiger partial charge in [0, 0.05) is 29.9 Å². The summed E-state index contributed by atoms with van der Waals surface area (Å²) in [7, 11) is 0. The van der Waals surface area contributed by atoms with Gasteiger partial charge in [-0.3, -0.25) is 4.98 Å². The van der Waals surface area contributed by atoms with Gasteiger partial charge in [0.2, 0.25) is 0 Å². The third-order valence-corrected chi connectivity index (χ3v) is 3.07. The maximum Gasteiger partial charge on any atom is 0.0722 e. The number of nitrogens with one attached hydrogen (secondary N) is 2. The standard InChI is InChI=1S/C13H15N3.ClH/c1-4-12-11(3-2-7-15-12)13(5-1)16-10-6-8-14-9-10;/h1-5,7,10,14,16H,6,8-9H2;1H/t10-;/m1./s1. The van der Waals surface area contributed by atoms with Crippen LogP contribution in [0.25, 0.3) is 10.9 Å². The SMILES string of the molecule is Cl.c1cc(N[C@@H]2CCNC2)c2cccnc2c1. The average molecular weight is 250 g/mol. The molecule has 2 N–H and O–H groups in total. The summed E-state index contributed by atoms with van der Waals surface area (Å²) in [6.07, 6.45) is 3.03. The summed E-state index contributed by atoms with van der Waals surface area (Å²) in [5.41, 5.74) is 2.25. The lowest BCUT2D eigenvalue weighted by Crippen LogP contribution is -2.22. The van der Waals surface area contributed by atoms with Crippen molar-refractivity contribution in [2.45, 2.75) is 12.5 Å². The number of fused-ring (bicyclic) bond motifs is 1. The highest BCUT2D eigenvalue weighted by molar-refractivity contribution is 5.91. The zero-order valence-corrected chi connectivity index (χ0v) is 10.3. The molecule has 0 spiro atoms. The van der Waals surface area contributed by atoms with Crippen molar-refractivity contribution in [2.75, 3.05) is 18.4 Å². The van der Waals surface area contributed by atoms with Crippen LogP contribution >= 0.6 is 12.4 Å². The second kappa shape index (κ2) is 5.34. The van der Waals surface area contributed by atoms with Crippen molar-refractivity contribution in [3.05, 3.63) is 36.5 Å². The van der Waals surface area contributed by atoms with Crippen LogP contribution in [0.3, 0.4) is 0 Å². The third kappa shape index (κ3) is 2.51. The zero-order chi connectivity index (χ0) is 10.8. The van der Waals surface area contributed by atoms with Crippen LogP contribution in [0.2, 0.25) is 0 Å². The summed E-state index contributed by atoms with van der Waals surface area (Å²) >= 11 is 0. The van der Waals surface area contributed by atoms with Crippen LogP contribution in [0.15, 0.2) is 36.5 Å². The van der Waals surface area contributed by atoms with Crippen molar-refractivity contribution >= 4 is 29.0 Å². The molecule has 0 aliphatic carbocycles. The molecule has 1 aromatic carbocycles. The lowest BCUT2D eigenvalue weighted by molar-refractivity contribution is 0.794. The van der Waals surface area contributed by atoms with Crippen molar-refractivity contribution in [1.82, 2.24) is 10.3 Å². The van der Waals surface area contributed by atoms with Crippen LogP contribution in [-0.4, -0.2) is 24.1 Å². The first-order chi connectivity index (χ1) is 7.93. The van der Waals surface area contributed by atoms with Gasteiger partial charge in [0.05, 0.1) is 5.52 Å². The summed E-state index contributed by atoms with van der Waals surface area (Å²) in [6.45, 7) is 2.16. The molecule has 1 fully saturated rings. The number of halogens is 1. The van der Waals surface area contributed by atoms with E-state index in [-0.39, 0.29) is 12.4 Å². The minimum absolute atomic E-state index is 0. The van der Waals surface area contributed by atoms with E-state index >= 15 is 0 Å². The van der Waals surface area contributed by atoms with Gasteiger partial charge in [-0.1, -0.05) is 6.07 Å². The van der Waals surface area contributed by atoms with Gasteiger partial charge in [-0.25, -0.2) is 0 Å². The Labute approximate surface area is 107 Å². The number of aromatic nitrogens is 1. The smallest absolute Gasteiger partial charge is 0.0722 e. The largest absolute Gasteiger partial charge is 0.380 e. The van der Waals surface area contributed by atoms with Gasteiger partial charge in [0.15, 0.2) is 0 Å². The molecule has 90 valence electrons. The topological polar surface area (TPSA) is 37.0 Å². The quantitative estimate of drug-likeness (QED) is 0.859. The van der Waals surface area contributed by atoms with Crippen molar-refractivity contribution in [3.8, 4) is 0 Å². The van der Waals surface area contributed by atoms with Gasteiger partial charge in [-0.05, 0) is 37.2 Å². The van der Waals surface area contributed by atoms with Gasteiger partial charge in [0.25, 0.3) is 0 Å². The second-order valence-corrected chi connectivity index (χ2v) is 4.21. The first-order valence-electron chi connectivity index (χ1n) is 5.74. The van der Waals surface area contributed by atoms with Crippen molar-refractivity contribution < 1.29 is 0 Å². The second-order valence-electron chi connectivity index (χ2n) is 4.21. The minimum atomic E-state index is 0. The van der Waals surface area contributed by atoms with Crippen LogP contribution < -0.4 is 10.6 Å². The van der Waals surface area contributed by atoms with Crippen LogP contribution in [0.4, 0.5) is 5.69 Å². The van der Waals surface area contributed by atoms with E-state index in [1.807, 2.05) is 18.3 Å². The highest BCUT2D eigenvalue weighted by Gasteiger charge is 2.14. The fraction of sp³-hybridized carbons (Fsp3) is 0.308. The lowest BCUT2D eigenvalue weighted by atomic mass is 10.1. The third-order valence-electron chi connectivity index (χ3n) is 3.07. The summed E-state index contributed by atoms with van der Waals surface area (Å²) in [5.74, 6) is 0. The molecule has 1 atom stereocenters. The Hall–Kier alpha value is -1.32. The number of nitrogens with zero attached hydrogens (tertiary/aromatic N) is 1. The number of rotatable bonds is 2. The molecule has 2 heterocycles. The van der Waals surface area contributed by atoms with E-state index in [0.717, 1.165) is 18.6 Å². The molecule has 3 nitrogen and oxygen atoms in total. The Morgan fingerprint density at radius 2 is 2.18 bits per heavy atom. The van der Waals surface area contributed by atoms with E-state index in [1.54, 1.807) is 0 Å². The summed E-state index contributed by atoms with van der Waals surface area (Å²) in [4.78, 5) is 4.36. The highest BCUT2D eigenvalue weighted by atomic mass is 35.5. The maximum absolute atomic E-state index is 4.36. The Balaban J connectivity index is 0.00000108. The zero-order valence-electron chi connectivity index (χ0n) is 9.52. The van der Waals surface area contributed by atoms with E-state index in [9.17, 15) is 0 Å². The van der Waals surface area contributed by atoms with E-state index in [4.69, 9.17) is 0 Å². The molecule has 17 heavy (non-hydrogen) atoms. The molecular weight excluding hydrogens is 234 g/mol. The highest BCUT2D eigenvalue weighted by Crippen LogP contribution is 2.22. The molecule has 0 unspecified atom stereocenters. The first-order valence-corrected chi connectivity index (χ1v) is 5.74. The molecule has 1 aliphatic rings. The summed E-state index contributed by atoms with van der Waals surface area (Å²) < 4.78 is 0. The van der Waals surface area contributed by atoms with Crippen LogP contribution in [0.1, 0.15) is 6.42 Å². The Bertz CT molecular complexity index is 489. The van der Waals surface area contributed by atoms with Crippen molar-refractivity contribution in [1.29, 1.82) is 0 Å². The van der Waals surface area contributed by atoms with Gasteiger partial charge < -0.3 is 10.6 Å². The van der Waals surface area contributed by atoms with Gasteiger partial charge in [-0.2, -0.15) is 0 Å².